The second-order valence-electron chi connectivity index (χ2n) is 4.70. The van der Waals surface area contributed by atoms with E-state index in [4.69, 9.17) is 5.26 Å². The zero-order valence-corrected chi connectivity index (χ0v) is 10.8. The Hall–Kier alpha value is -1.67. The van der Waals surface area contributed by atoms with Gasteiger partial charge in [0.15, 0.2) is 0 Å². The molecule has 96 valence electrons. The Morgan fingerprint density at radius 1 is 1.44 bits per heavy atom. The molecule has 0 aromatic carbocycles. The van der Waals surface area contributed by atoms with Gasteiger partial charge in [0.25, 0.3) is 0 Å². The van der Waals surface area contributed by atoms with E-state index < -0.39 is 0 Å². The Balaban J connectivity index is 1.84. The Morgan fingerprint density at radius 2 is 2.22 bits per heavy atom. The summed E-state index contributed by atoms with van der Waals surface area (Å²) < 4.78 is 0. The number of nitriles is 1. The first-order chi connectivity index (χ1) is 8.79. The summed E-state index contributed by atoms with van der Waals surface area (Å²) in [5, 5.41) is 12.0. The summed E-state index contributed by atoms with van der Waals surface area (Å²) in [6, 6.07) is 4.10. The van der Waals surface area contributed by atoms with Crippen LogP contribution in [0.2, 0.25) is 0 Å². The van der Waals surface area contributed by atoms with Crippen LogP contribution in [0.15, 0.2) is 12.3 Å². The number of piperidine rings is 1. The number of rotatable bonds is 4. The highest BCUT2D eigenvalue weighted by Crippen LogP contribution is 2.12. The van der Waals surface area contributed by atoms with Gasteiger partial charge in [-0.3, -0.25) is 4.90 Å². The molecule has 0 bridgehead atoms. The molecule has 1 aliphatic rings. The van der Waals surface area contributed by atoms with Crippen LogP contribution < -0.4 is 5.32 Å². The first kappa shape index (κ1) is 12.8. The first-order valence-corrected chi connectivity index (χ1v) is 6.50. The van der Waals surface area contributed by atoms with E-state index in [0.29, 0.717) is 17.7 Å². The van der Waals surface area contributed by atoms with Gasteiger partial charge in [0.05, 0.1) is 0 Å². The van der Waals surface area contributed by atoms with Crippen molar-refractivity contribution >= 4 is 5.95 Å². The summed E-state index contributed by atoms with van der Waals surface area (Å²) >= 11 is 0. The van der Waals surface area contributed by atoms with Gasteiger partial charge in [0.1, 0.15) is 11.8 Å². The SMILES string of the molecule is CC(CNc1nccc(C#N)n1)N1CCCCC1. The summed E-state index contributed by atoms with van der Waals surface area (Å²) in [6.07, 6.45) is 5.55. The van der Waals surface area contributed by atoms with Gasteiger partial charge in [-0.25, -0.2) is 9.97 Å². The fourth-order valence-corrected chi connectivity index (χ4v) is 2.23. The van der Waals surface area contributed by atoms with E-state index in [-0.39, 0.29) is 0 Å². The molecule has 2 rings (SSSR count). The minimum Gasteiger partial charge on any atom is -0.353 e. The van der Waals surface area contributed by atoms with Crippen LogP contribution in [0.1, 0.15) is 31.9 Å². The van der Waals surface area contributed by atoms with Crippen LogP contribution in [0.5, 0.6) is 0 Å². The van der Waals surface area contributed by atoms with Crippen LogP contribution in [0.4, 0.5) is 5.95 Å². The number of nitrogens with one attached hydrogen (secondary N) is 1. The maximum Gasteiger partial charge on any atom is 0.223 e. The Labute approximate surface area is 108 Å². The molecule has 5 nitrogen and oxygen atoms in total. The highest BCUT2D eigenvalue weighted by molar-refractivity contribution is 5.30. The molecule has 1 fully saturated rings. The molecule has 1 aliphatic heterocycles. The molecule has 1 unspecified atom stereocenters. The summed E-state index contributed by atoms with van der Waals surface area (Å²) in [5.74, 6) is 0.540. The standard InChI is InChI=1S/C13H19N5/c1-11(18-7-3-2-4-8-18)10-16-13-15-6-5-12(9-14)17-13/h5-6,11H,2-4,7-8,10H2,1H3,(H,15,16,17). The van der Waals surface area contributed by atoms with E-state index >= 15 is 0 Å². The van der Waals surface area contributed by atoms with Crippen molar-refractivity contribution in [1.29, 1.82) is 5.26 Å². The second-order valence-corrected chi connectivity index (χ2v) is 4.70. The summed E-state index contributed by atoms with van der Waals surface area (Å²) in [4.78, 5) is 10.7. The Bertz CT molecular complexity index is 420. The average molecular weight is 245 g/mol. The number of likely N-dealkylation sites (tertiary alicyclic amines) is 1. The highest BCUT2D eigenvalue weighted by Gasteiger charge is 2.16. The van der Waals surface area contributed by atoms with E-state index in [1.807, 2.05) is 6.07 Å². The molecular formula is C13H19N5. The number of anilines is 1. The van der Waals surface area contributed by atoms with Crippen molar-refractivity contribution in [3.63, 3.8) is 0 Å². The molecule has 1 aromatic rings. The third-order valence-corrected chi connectivity index (χ3v) is 3.34. The van der Waals surface area contributed by atoms with Gasteiger partial charge >= 0.3 is 0 Å². The normalized spacial score (nSPS) is 18.0. The number of hydrogen-bond donors (Lipinski definition) is 1. The highest BCUT2D eigenvalue weighted by atomic mass is 15.2. The van der Waals surface area contributed by atoms with Crippen molar-refractivity contribution in [1.82, 2.24) is 14.9 Å². The lowest BCUT2D eigenvalue weighted by Crippen LogP contribution is -2.41. The number of aromatic nitrogens is 2. The predicted molar refractivity (Wildman–Crippen MR) is 70.1 cm³/mol. The zero-order valence-electron chi connectivity index (χ0n) is 10.8. The maximum absolute atomic E-state index is 8.77. The van der Waals surface area contributed by atoms with Crippen LogP contribution >= 0.6 is 0 Å². The molecule has 0 radical (unpaired) electrons. The summed E-state index contributed by atoms with van der Waals surface area (Å²) in [5.41, 5.74) is 0.401. The Kier molecular flexibility index (Phi) is 4.48. The third kappa shape index (κ3) is 3.41. The Morgan fingerprint density at radius 3 is 2.94 bits per heavy atom. The van der Waals surface area contributed by atoms with Crippen molar-refractivity contribution in [3.05, 3.63) is 18.0 Å². The molecule has 0 spiro atoms. The van der Waals surface area contributed by atoms with Gasteiger partial charge in [-0.05, 0) is 38.9 Å². The molecule has 1 aromatic heterocycles. The molecule has 18 heavy (non-hydrogen) atoms. The molecule has 2 heterocycles. The fourth-order valence-electron chi connectivity index (χ4n) is 2.23. The van der Waals surface area contributed by atoms with Crippen molar-refractivity contribution in [3.8, 4) is 6.07 Å². The van der Waals surface area contributed by atoms with Crippen LogP contribution in [0.3, 0.4) is 0 Å². The molecular weight excluding hydrogens is 226 g/mol. The lowest BCUT2D eigenvalue weighted by molar-refractivity contribution is 0.180. The van der Waals surface area contributed by atoms with Crippen molar-refractivity contribution in [2.45, 2.75) is 32.2 Å². The molecule has 1 atom stereocenters. The lowest BCUT2D eigenvalue weighted by Gasteiger charge is -2.32. The van der Waals surface area contributed by atoms with E-state index in [2.05, 4.69) is 27.1 Å². The van der Waals surface area contributed by atoms with E-state index in [0.717, 1.165) is 6.54 Å². The van der Waals surface area contributed by atoms with Gasteiger partial charge in [0, 0.05) is 18.8 Å². The first-order valence-electron chi connectivity index (χ1n) is 6.50. The third-order valence-electron chi connectivity index (χ3n) is 3.34. The summed E-state index contributed by atoms with van der Waals surface area (Å²) in [7, 11) is 0. The molecule has 0 amide bonds. The van der Waals surface area contributed by atoms with Crippen LogP contribution in [0, 0.1) is 11.3 Å². The molecule has 0 aliphatic carbocycles. The second kappa shape index (κ2) is 6.31. The molecule has 0 saturated carbocycles. The van der Waals surface area contributed by atoms with Crippen molar-refractivity contribution in [2.24, 2.45) is 0 Å². The molecule has 1 saturated heterocycles. The predicted octanol–water partition coefficient (Wildman–Crippen LogP) is 1.63. The topological polar surface area (TPSA) is 64.8 Å². The van der Waals surface area contributed by atoms with Crippen LogP contribution in [-0.4, -0.2) is 40.5 Å². The monoisotopic (exact) mass is 245 g/mol. The van der Waals surface area contributed by atoms with Crippen molar-refractivity contribution in [2.75, 3.05) is 25.0 Å². The van der Waals surface area contributed by atoms with E-state index in [1.165, 1.54) is 32.4 Å². The average Bonchev–Trinajstić information content (AvgIpc) is 2.46. The lowest BCUT2D eigenvalue weighted by atomic mass is 10.1. The molecule has 5 heteroatoms. The van der Waals surface area contributed by atoms with Gasteiger partial charge in [-0.1, -0.05) is 6.42 Å². The summed E-state index contributed by atoms with van der Waals surface area (Å²) in [6.45, 7) is 5.39. The number of hydrogen-bond acceptors (Lipinski definition) is 5. The minimum atomic E-state index is 0.401. The molecule has 1 N–H and O–H groups in total. The number of nitrogens with zero attached hydrogens (tertiary/aromatic N) is 4. The van der Waals surface area contributed by atoms with E-state index in [1.54, 1.807) is 12.3 Å². The van der Waals surface area contributed by atoms with Gasteiger partial charge in [-0.2, -0.15) is 5.26 Å². The largest absolute Gasteiger partial charge is 0.353 e. The van der Waals surface area contributed by atoms with Crippen molar-refractivity contribution < 1.29 is 0 Å². The van der Waals surface area contributed by atoms with Crippen LogP contribution in [-0.2, 0) is 0 Å². The quantitative estimate of drug-likeness (QED) is 0.873. The van der Waals surface area contributed by atoms with Gasteiger partial charge < -0.3 is 5.32 Å². The zero-order chi connectivity index (χ0) is 12.8. The fraction of sp³-hybridized carbons (Fsp3) is 0.615. The minimum absolute atomic E-state index is 0.401. The van der Waals surface area contributed by atoms with Crippen LogP contribution in [0.25, 0.3) is 0 Å². The van der Waals surface area contributed by atoms with Gasteiger partial charge in [-0.15, -0.1) is 0 Å². The van der Waals surface area contributed by atoms with Gasteiger partial charge in [0.2, 0.25) is 5.95 Å². The maximum atomic E-state index is 8.77. The smallest absolute Gasteiger partial charge is 0.223 e. The van der Waals surface area contributed by atoms with E-state index in [9.17, 15) is 0 Å².